The Bertz CT molecular complexity index is 345. The van der Waals surface area contributed by atoms with Gasteiger partial charge < -0.3 is 5.41 Å². The molecule has 0 aromatic heterocycles. The van der Waals surface area contributed by atoms with Gasteiger partial charge in [0.25, 0.3) is 0 Å². The highest BCUT2D eigenvalue weighted by molar-refractivity contribution is 6.12. The highest BCUT2D eigenvalue weighted by Crippen LogP contribution is 2.12. The van der Waals surface area contributed by atoms with Crippen LogP contribution in [0.2, 0.25) is 0 Å². The van der Waals surface area contributed by atoms with Crippen LogP contribution in [0.3, 0.4) is 0 Å². The summed E-state index contributed by atoms with van der Waals surface area (Å²) in [5.74, 6) is 0.0233. The van der Waals surface area contributed by atoms with Gasteiger partial charge in [-0.05, 0) is 43.9 Å². The van der Waals surface area contributed by atoms with Crippen molar-refractivity contribution in [2.45, 2.75) is 26.7 Å². The van der Waals surface area contributed by atoms with Crippen molar-refractivity contribution in [1.82, 2.24) is 0 Å². The first-order valence-electron chi connectivity index (χ1n) is 4.76. The van der Waals surface area contributed by atoms with Crippen LogP contribution in [0.25, 0.3) is 0 Å². The lowest BCUT2D eigenvalue weighted by Gasteiger charge is -2.05. The number of carbonyl (C=O) groups is 1. The van der Waals surface area contributed by atoms with Crippen molar-refractivity contribution in [3.8, 4) is 0 Å². The van der Waals surface area contributed by atoms with Gasteiger partial charge in [-0.2, -0.15) is 0 Å². The maximum atomic E-state index is 11.0. The number of carbonyl (C=O) groups excluding carboxylic acids is 1. The van der Waals surface area contributed by atoms with E-state index in [4.69, 9.17) is 5.41 Å². The van der Waals surface area contributed by atoms with Crippen LogP contribution >= 0.6 is 0 Å². The van der Waals surface area contributed by atoms with Gasteiger partial charge >= 0.3 is 0 Å². The molecular formula is C12H15NO. The Kier molecular flexibility index (Phi) is 3.57. The molecule has 0 spiro atoms. The maximum absolute atomic E-state index is 11.0. The highest BCUT2D eigenvalue weighted by atomic mass is 16.1. The molecule has 1 aliphatic carbocycles. The van der Waals surface area contributed by atoms with Gasteiger partial charge in [0.05, 0.1) is 5.71 Å². The third-order valence-corrected chi connectivity index (χ3v) is 2.22. The summed E-state index contributed by atoms with van der Waals surface area (Å²) >= 11 is 0. The fourth-order valence-corrected chi connectivity index (χ4v) is 1.21. The van der Waals surface area contributed by atoms with Crippen molar-refractivity contribution in [2.24, 2.45) is 0 Å². The Balaban J connectivity index is 2.76. The minimum atomic E-state index is 0.0233. The number of hydrogen-bond donors (Lipinski definition) is 1. The molecular weight excluding hydrogens is 174 g/mol. The number of nitrogens with one attached hydrogen (secondary N) is 1. The third kappa shape index (κ3) is 2.80. The lowest BCUT2D eigenvalue weighted by Crippen LogP contribution is -2.01. The minimum Gasteiger partial charge on any atom is -0.300 e. The molecule has 0 atom stereocenters. The second-order valence-corrected chi connectivity index (χ2v) is 3.44. The Morgan fingerprint density at radius 3 is 2.64 bits per heavy atom. The van der Waals surface area contributed by atoms with Crippen LogP contribution in [-0.2, 0) is 4.79 Å². The number of allylic oxidation sites excluding steroid dienone is 6. The maximum Gasteiger partial charge on any atom is 0.155 e. The Morgan fingerprint density at radius 1 is 1.43 bits per heavy atom. The quantitative estimate of drug-likeness (QED) is 0.538. The fourth-order valence-electron chi connectivity index (χ4n) is 1.21. The first-order valence-corrected chi connectivity index (χ1v) is 4.76. The van der Waals surface area contributed by atoms with E-state index < -0.39 is 0 Å². The van der Waals surface area contributed by atoms with Gasteiger partial charge in [0.2, 0.25) is 0 Å². The third-order valence-electron chi connectivity index (χ3n) is 2.22. The predicted molar refractivity (Wildman–Crippen MR) is 58.6 cm³/mol. The Labute approximate surface area is 84.5 Å². The smallest absolute Gasteiger partial charge is 0.155 e. The summed E-state index contributed by atoms with van der Waals surface area (Å²) < 4.78 is 0. The molecule has 0 aromatic rings. The lowest BCUT2D eigenvalue weighted by molar-refractivity contribution is -0.113. The zero-order chi connectivity index (χ0) is 10.6. The summed E-state index contributed by atoms with van der Waals surface area (Å²) in [4.78, 5) is 11.0. The number of Topliss-reactive ketones (excluding diaryl/α,β-unsaturated/α-hetero) is 1. The number of hydrogen-bond acceptors (Lipinski definition) is 2. The second kappa shape index (κ2) is 4.70. The summed E-state index contributed by atoms with van der Waals surface area (Å²) in [5, 5.41) is 7.76. The molecule has 0 heterocycles. The molecule has 2 heteroatoms. The standard InChI is InChI=1S/C12H15NO/c1-9(10(2)14)8-12(13)11-6-4-3-5-7-11/h4,6-8,13H,3,5H2,1-2H3/b9-8+,13-12?. The van der Waals surface area contributed by atoms with E-state index in [1.165, 1.54) is 6.92 Å². The van der Waals surface area contributed by atoms with Crippen LogP contribution in [0.4, 0.5) is 0 Å². The van der Waals surface area contributed by atoms with Crippen LogP contribution in [0.5, 0.6) is 0 Å². The highest BCUT2D eigenvalue weighted by Gasteiger charge is 2.03. The topological polar surface area (TPSA) is 40.9 Å². The van der Waals surface area contributed by atoms with Crippen molar-refractivity contribution in [3.05, 3.63) is 35.5 Å². The molecule has 0 amide bonds. The molecule has 1 aliphatic rings. The van der Waals surface area contributed by atoms with Crippen LogP contribution in [0, 0.1) is 5.41 Å². The first-order chi connectivity index (χ1) is 6.61. The van der Waals surface area contributed by atoms with Crippen LogP contribution < -0.4 is 0 Å². The average Bonchev–Trinajstić information content (AvgIpc) is 2.19. The zero-order valence-electron chi connectivity index (χ0n) is 8.63. The van der Waals surface area contributed by atoms with E-state index in [0.717, 1.165) is 18.4 Å². The van der Waals surface area contributed by atoms with Gasteiger partial charge in [-0.3, -0.25) is 4.79 Å². The second-order valence-electron chi connectivity index (χ2n) is 3.44. The van der Waals surface area contributed by atoms with Crippen molar-refractivity contribution < 1.29 is 4.79 Å². The molecule has 1 rings (SSSR count). The van der Waals surface area contributed by atoms with Gasteiger partial charge in [-0.15, -0.1) is 0 Å². The molecule has 0 saturated heterocycles. The molecule has 0 fully saturated rings. The Morgan fingerprint density at radius 2 is 2.14 bits per heavy atom. The molecule has 74 valence electrons. The molecule has 14 heavy (non-hydrogen) atoms. The van der Waals surface area contributed by atoms with E-state index in [1.54, 1.807) is 13.0 Å². The van der Waals surface area contributed by atoms with Crippen molar-refractivity contribution in [3.63, 3.8) is 0 Å². The minimum absolute atomic E-state index is 0.0233. The van der Waals surface area contributed by atoms with Gasteiger partial charge in [0.1, 0.15) is 0 Å². The van der Waals surface area contributed by atoms with Crippen LogP contribution in [0.1, 0.15) is 26.7 Å². The monoisotopic (exact) mass is 189 g/mol. The summed E-state index contributed by atoms with van der Waals surface area (Å²) in [6, 6.07) is 0. The molecule has 0 unspecified atom stereocenters. The van der Waals surface area contributed by atoms with Crippen LogP contribution in [0.15, 0.2) is 35.5 Å². The van der Waals surface area contributed by atoms with E-state index in [1.807, 2.05) is 12.2 Å². The van der Waals surface area contributed by atoms with E-state index in [-0.39, 0.29) is 5.78 Å². The van der Waals surface area contributed by atoms with Gasteiger partial charge in [-0.25, -0.2) is 0 Å². The molecule has 0 radical (unpaired) electrons. The first kappa shape index (κ1) is 10.6. The van der Waals surface area contributed by atoms with Crippen molar-refractivity contribution in [2.75, 3.05) is 0 Å². The summed E-state index contributed by atoms with van der Waals surface area (Å²) in [7, 11) is 0. The summed E-state index contributed by atoms with van der Waals surface area (Å²) in [6.07, 6.45) is 9.69. The van der Waals surface area contributed by atoms with Crippen molar-refractivity contribution >= 4 is 11.5 Å². The predicted octanol–water partition coefficient (Wildman–Crippen LogP) is 2.82. The largest absolute Gasteiger partial charge is 0.300 e. The summed E-state index contributed by atoms with van der Waals surface area (Å²) in [5.41, 5.74) is 1.97. The molecule has 0 bridgehead atoms. The van der Waals surface area contributed by atoms with E-state index in [9.17, 15) is 4.79 Å². The van der Waals surface area contributed by atoms with Crippen molar-refractivity contribution in [1.29, 1.82) is 5.41 Å². The van der Waals surface area contributed by atoms with Gasteiger partial charge in [0, 0.05) is 0 Å². The normalized spacial score (nSPS) is 16.4. The average molecular weight is 189 g/mol. The van der Waals surface area contributed by atoms with Gasteiger partial charge in [0.15, 0.2) is 5.78 Å². The lowest BCUT2D eigenvalue weighted by atomic mass is 10.0. The Hall–Kier alpha value is -1.44. The number of rotatable bonds is 3. The molecule has 0 aromatic carbocycles. The van der Waals surface area contributed by atoms with E-state index in [0.29, 0.717) is 11.3 Å². The van der Waals surface area contributed by atoms with Crippen LogP contribution in [-0.4, -0.2) is 11.5 Å². The van der Waals surface area contributed by atoms with Gasteiger partial charge in [-0.1, -0.05) is 18.2 Å². The molecule has 1 N–H and O–H groups in total. The SMILES string of the molecule is CC(=O)/C(C)=C/C(=N)C1=CCCC=C1. The van der Waals surface area contributed by atoms with E-state index in [2.05, 4.69) is 6.08 Å². The summed E-state index contributed by atoms with van der Waals surface area (Å²) in [6.45, 7) is 3.26. The molecule has 0 aliphatic heterocycles. The zero-order valence-corrected chi connectivity index (χ0v) is 8.63. The molecule has 0 saturated carbocycles. The fraction of sp³-hybridized carbons (Fsp3) is 0.333. The number of ketones is 1. The molecule has 2 nitrogen and oxygen atoms in total. The van der Waals surface area contributed by atoms with E-state index >= 15 is 0 Å².